The van der Waals surface area contributed by atoms with Gasteiger partial charge in [0.1, 0.15) is 6.61 Å². The normalized spacial score (nSPS) is 14.2. The summed E-state index contributed by atoms with van der Waals surface area (Å²) in [4.78, 5) is 7.98. The van der Waals surface area contributed by atoms with E-state index in [1.165, 1.54) is 0 Å². The molecule has 1 aromatic carbocycles. The smallest absolute Gasteiger partial charge is 0.317 e. The molecule has 0 N–H and O–H groups in total. The van der Waals surface area contributed by atoms with Crippen LogP contribution in [-0.2, 0) is 13.0 Å². The van der Waals surface area contributed by atoms with Gasteiger partial charge in [-0.25, -0.2) is 9.37 Å². The summed E-state index contributed by atoms with van der Waals surface area (Å²) >= 11 is 12.1. The van der Waals surface area contributed by atoms with E-state index in [1.54, 1.807) is 18.2 Å². The molecule has 0 bridgehead atoms. The molecular formula is C15H13Cl2FN2O. The highest BCUT2D eigenvalue weighted by atomic mass is 35.5. The number of hydrogen-bond acceptors (Lipinski definition) is 3. The minimum absolute atomic E-state index is 0.142. The summed E-state index contributed by atoms with van der Waals surface area (Å²) in [6, 6.07) is 5.37. The molecule has 2 aromatic rings. The number of nitrogens with zero attached hydrogens (tertiary/aromatic N) is 2. The minimum Gasteiger partial charge on any atom is -0.458 e. The lowest BCUT2D eigenvalue weighted by molar-refractivity contribution is 0.278. The summed E-state index contributed by atoms with van der Waals surface area (Å²) in [5.74, 6) is 0.158. The van der Waals surface area contributed by atoms with Gasteiger partial charge >= 0.3 is 6.01 Å². The van der Waals surface area contributed by atoms with Crippen LogP contribution in [0.25, 0.3) is 0 Å². The molecule has 0 unspecified atom stereocenters. The molecule has 6 heteroatoms. The van der Waals surface area contributed by atoms with Crippen LogP contribution in [0.15, 0.2) is 24.4 Å². The van der Waals surface area contributed by atoms with Crippen LogP contribution in [0, 0.1) is 11.7 Å². The van der Waals surface area contributed by atoms with Gasteiger partial charge in [0.05, 0.1) is 11.9 Å². The first-order valence-corrected chi connectivity index (χ1v) is 7.46. The van der Waals surface area contributed by atoms with E-state index in [4.69, 9.17) is 27.9 Å². The Morgan fingerprint density at radius 2 is 1.95 bits per heavy atom. The summed E-state index contributed by atoms with van der Waals surface area (Å²) in [5, 5.41) is 1.03. The second kappa shape index (κ2) is 6.16. The number of aromatic nitrogens is 2. The number of rotatable bonds is 5. The minimum atomic E-state index is -0.384. The van der Waals surface area contributed by atoms with Crippen LogP contribution in [-0.4, -0.2) is 9.97 Å². The lowest BCUT2D eigenvalue weighted by Crippen LogP contribution is -2.05. The molecule has 21 heavy (non-hydrogen) atoms. The fraction of sp³-hybridized carbons (Fsp3) is 0.333. The number of benzene rings is 1. The lowest BCUT2D eigenvalue weighted by Gasteiger charge is -2.09. The Morgan fingerprint density at radius 3 is 2.62 bits per heavy atom. The fourth-order valence-electron chi connectivity index (χ4n) is 2.00. The molecule has 3 nitrogen and oxygen atoms in total. The predicted molar refractivity (Wildman–Crippen MR) is 79.2 cm³/mol. The van der Waals surface area contributed by atoms with Crippen LogP contribution < -0.4 is 4.74 Å². The van der Waals surface area contributed by atoms with E-state index in [0.717, 1.165) is 19.0 Å². The van der Waals surface area contributed by atoms with Gasteiger partial charge in [-0.15, -0.1) is 0 Å². The van der Waals surface area contributed by atoms with E-state index in [9.17, 15) is 4.39 Å². The molecule has 1 heterocycles. The Labute approximate surface area is 132 Å². The molecule has 0 saturated heterocycles. The second-order valence-corrected chi connectivity index (χ2v) is 5.90. The molecule has 1 saturated carbocycles. The third kappa shape index (κ3) is 3.63. The number of hydrogen-bond donors (Lipinski definition) is 0. The first-order valence-electron chi connectivity index (χ1n) is 6.70. The van der Waals surface area contributed by atoms with Crippen molar-refractivity contribution in [1.29, 1.82) is 0 Å². The average Bonchev–Trinajstić information content (AvgIpc) is 3.26. The summed E-state index contributed by atoms with van der Waals surface area (Å²) < 4.78 is 19.1. The quantitative estimate of drug-likeness (QED) is 0.813. The highest BCUT2D eigenvalue weighted by Crippen LogP contribution is 2.33. The van der Waals surface area contributed by atoms with Gasteiger partial charge in [-0.1, -0.05) is 29.3 Å². The zero-order valence-electron chi connectivity index (χ0n) is 11.2. The largest absolute Gasteiger partial charge is 0.458 e. The molecule has 1 aliphatic rings. The van der Waals surface area contributed by atoms with Gasteiger partial charge in [0.2, 0.25) is 0 Å². The molecule has 0 radical (unpaired) electrons. The van der Waals surface area contributed by atoms with E-state index in [2.05, 4.69) is 9.97 Å². The van der Waals surface area contributed by atoms with Crippen LogP contribution in [0.1, 0.15) is 24.1 Å². The van der Waals surface area contributed by atoms with Crippen LogP contribution in [0.3, 0.4) is 0 Å². The van der Waals surface area contributed by atoms with Crippen LogP contribution in [0.5, 0.6) is 6.01 Å². The van der Waals surface area contributed by atoms with Crippen molar-refractivity contribution in [3.63, 3.8) is 0 Å². The SMILES string of the molecule is Fc1cnc(OCc2c(Cl)cccc2Cl)nc1CC1CC1. The Morgan fingerprint density at radius 1 is 1.24 bits per heavy atom. The highest BCUT2D eigenvalue weighted by molar-refractivity contribution is 6.35. The van der Waals surface area contributed by atoms with Crippen molar-refractivity contribution >= 4 is 23.2 Å². The van der Waals surface area contributed by atoms with Gasteiger partial charge < -0.3 is 4.74 Å². The molecule has 0 atom stereocenters. The van der Waals surface area contributed by atoms with Gasteiger partial charge in [0.25, 0.3) is 0 Å². The molecular weight excluding hydrogens is 314 g/mol. The Kier molecular flexibility index (Phi) is 4.27. The fourth-order valence-corrected chi connectivity index (χ4v) is 2.51. The van der Waals surface area contributed by atoms with Crippen molar-refractivity contribution in [3.05, 3.63) is 51.5 Å². The third-order valence-electron chi connectivity index (χ3n) is 3.38. The number of halogens is 3. The van der Waals surface area contributed by atoms with Gasteiger partial charge in [-0.05, 0) is 37.3 Å². The average molecular weight is 327 g/mol. The second-order valence-electron chi connectivity index (χ2n) is 5.08. The molecule has 1 aliphatic carbocycles. The van der Waals surface area contributed by atoms with Crippen molar-refractivity contribution in [3.8, 4) is 6.01 Å². The molecule has 0 spiro atoms. The van der Waals surface area contributed by atoms with E-state index >= 15 is 0 Å². The Hall–Kier alpha value is -1.39. The third-order valence-corrected chi connectivity index (χ3v) is 4.09. The first kappa shape index (κ1) is 14.5. The van der Waals surface area contributed by atoms with Crippen molar-refractivity contribution in [1.82, 2.24) is 9.97 Å². The molecule has 0 aliphatic heterocycles. The predicted octanol–water partition coefficient (Wildman–Crippen LogP) is 4.45. The maximum absolute atomic E-state index is 13.6. The van der Waals surface area contributed by atoms with Gasteiger partial charge in [0, 0.05) is 15.6 Å². The monoisotopic (exact) mass is 326 g/mol. The van der Waals surface area contributed by atoms with E-state index in [1.807, 2.05) is 0 Å². The molecule has 110 valence electrons. The summed E-state index contributed by atoms with van der Waals surface area (Å²) in [6.07, 6.45) is 4.05. The zero-order valence-corrected chi connectivity index (χ0v) is 12.7. The molecule has 0 amide bonds. The van der Waals surface area contributed by atoms with Crippen molar-refractivity contribution in [2.75, 3.05) is 0 Å². The van der Waals surface area contributed by atoms with Crippen LogP contribution >= 0.6 is 23.2 Å². The van der Waals surface area contributed by atoms with Crippen molar-refractivity contribution < 1.29 is 9.13 Å². The maximum atomic E-state index is 13.6. The van der Waals surface area contributed by atoms with E-state index in [0.29, 0.717) is 33.6 Å². The lowest BCUT2D eigenvalue weighted by atomic mass is 10.2. The van der Waals surface area contributed by atoms with Crippen molar-refractivity contribution in [2.24, 2.45) is 5.92 Å². The zero-order chi connectivity index (χ0) is 14.8. The first-order chi connectivity index (χ1) is 10.1. The van der Waals surface area contributed by atoms with Gasteiger partial charge in [-0.2, -0.15) is 4.98 Å². The van der Waals surface area contributed by atoms with Gasteiger partial charge in [-0.3, -0.25) is 0 Å². The maximum Gasteiger partial charge on any atom is 0.317 e. The highest BCUT2D eigenvalue weighted by Gasteiger charge is 2.24. The number of ether oxygens (including phenoxy) is 1. The molecule has 3 rings (SSSR count). The standard InChI is InChI=1S/C15H13Cl2FN2O/c16-11-2-1-3-12(17)10(11)8-21-15-19-7-13(18)14(20-15)6-9-4-5-9/h1-3,7,9H,4-6,8H2. The summed E-state index contributed by atoms with van der Waals surface area (Å²) in [6.45, 7) is 0.146. The van der Waals surface area contributed by atoms with E-state index in [-0.39, 0.29) is 18.4 Å². The van der Waals surface area contributed by atoms with Crippen LogP contribution in [0.2, 0.25) is 10.0 Å². The van der Waals surface area contributed by atoms with Crippen LogP contribution in [0.4, 0.5) is 4.39 Å². The topological polar surface area (TPSA) is 35.0 Å². The molecule has 1 aromatic heterocycles. The Bertz CT molecular complexity index is 642. The Balaban J connectivity index is 1.72. The van der Waals surface area contributed by atoms with Gasteiger partial charge in [0.15, 0.2) is 5.82 Å². The summed E-state index contributed by atoms with van der Waals surface area (Å²) in [7, 11) is 0. The summed E-state index contributed by atoms with van der Waals surface area (Å²) in [5.41, 5.74) is 1.07. The van der Waals surface area contributed by atoms with Crippen molar-refractivity contribution in [2.45, 2.75) is 25.9 Å². The van der Waals surface area contributed by atoms with E-state index < -0.39 is 0 Å². The molecule has 1 fully saturated rings.